The third-order valence-electron chi connectivity index (χ3n) is 2.61. The van der Waals surface area contributed by atoms with Gasteiger partial charge in [-0.3, -0.25) is 4.40 Å². The summed E-state index contributed by atoms with van der Waals surface area (Å²) in [7, 11) is 0. The third-order valence-corrected chi connectivity index (χ3v) is 3.48. The van der Waals surface area contributed by atoms with Crippen LogP contribution in [0.3, 0.4) is 0 Å². The van der Waals surface area contributed by atoms with E-state index < -0.39 is 0 Å². The average Bonchev–Trinajstić information content (AvgIpc) is 2.72. The van der Waals surface area contributed by atoms with Gasteiger partial charge in [0.2, 0.25) is 0 Å². The normalized spacial score (nSPS) is 11.1. The van der Waals surface area contributed by atoms with E-state index in [0.717, 1.165) is 20.8 Å². The Morgan fingerprint density at radius 2 is 2.06 bits per heavy atom. The second-order valence-electron chi connectivity index (χ2n) is 3.85. The van der Waals surface area contributed by atoms with Crippen molar-refractivity contribution in [3.8, 4) is 11.4 Å². The molecule has 2 heterocycles. The summed E-state index contributed by atoms with van der Waals surface area (Å²) in [5, 5.41) is 8.78. The van der Waals surface area contributed by atoms with Crippen LogP contribution in [0.1, 0.15) is 5.82 Å². The lowest BCUT2D eigenvalue weighted by Gasteiger charge is -2.03. The molecule has 6 heteroatoms. The molecule has 4 nitrogen and oxygen atoms in total. The van der Waals surface area contributed by atoms with Gasteiger partial charge < -0.3 is 0 Å². The Bertz CT molecular complexity index is 738. The van der Waals surface area contributed by atoms with Crippen LogP contribution in [0.5, 0.6) is 0 Å². The maximum atomic E-state index is 5.91. The Labute approximate surface area is 122 Å². The predicted octanol–water partition coefficient (Wildman–Crippen LogP) is 3.36. The zero-order chi connectivity index (χ0) is 12.7. The first-order chi connectivity index (χ1) is 8.65. The number of halogens is 2. The number of fused-ring (bicyclic) bond motifs is 1. The van der Waals surface area contributed by atoms with E-state index in [0.29, 0.717) is 10.8 Å². The number of aryl methyl sites for hydroxylation is 1. The molecule has 0 spiro atoms. The monoisotopic (exact) mass is 370 g/mol. The van der Waals surface area contributed by atoms with Crippen molar-refractivity contribution in [2.24, 2.45) is 0 Å². The molecule has 0 aliphatic rings. The first kappa shape index (κ1) is 11.9. The lowest BCUT2D eigenvalue weighted by molar-refractivity contribution is 0.988. The minimum absolute atomic E-state index is 0.432. The van der Waals surface area contributed by atoms with Gasteiger partial charge >= 0.3 is 0 Å². The highest BCUT2D eigenvalue weighted by Crippen LogP contribution is 2.22. The summed E-state index contributed by atoms with van der Waals surface area (Å²) in [6.45, 7) is 1.89. The first-order valence-corrected chi connectivity index (χ1v) is 6.75. The summed E-state index contributed by atoms with van der Waals surface area (Å²) in [5.74, 6) is 1.56. The Kier molecular flexibility index (Phi) is 2.95. The topological polar surface area (TPSA) is 43.1 Å². The number of benzene rings is 1. The van der Waals surface area contributed by atoms with Crippen LogP contribution in [0.15, 0.2) is 30.3 Å². The van der Waals surface area contributed by atoms with Crippen LogP contribution in [0.4, 0.5) is 0 Å². The van der Waals surface area contributed by atoms with Gasteiger partial charge in [0, 0.05) is 15.2 Å². The largest absolute Gasteiger partial charge is 0.263 e. The molecular weight excluding hydrogens is 363 g/mol. The van der Waals surface area contributed by atoms with Crippen molar-refractivity contribution in [3.63, 3.8) is 0 Å². The Hall–Kier alpha value is -1.21. The van der Waals surface area contributed by atoms with Crippen LogP contribution < -0.4 is 0 Å². The Morgan fingerprint density at radius 3 is 2.83 bits per heavy atom. The van der Waals surface area contributed by atoms with Crippen molar-refractivity contribution in [1.29, 1.82) is 0 Å². The van der Waals surface area contributed by atoms with E-state index in [4.69, 9.17) is 11.6 Å². The standard InChI is InChI=1S/C12H8ClIN4/c1-7-15-10(13)6-11-16-17-12(18(7)11)8-3-2-4-9(14)5-8/h2-6H,1H3. The minimum Gasteiger partial charge on any atom is -0.263 e. The summed E-state index contributed by atoms with van der Waals surface area (Å²) in [6, 6.07) is 9.81. The number of nitrogens with zero attached hydrogens (tertiary/aromatic N) is 4. The molecule has 0 N–H and O–H groups in total. The number of hydrogen-bond donors (Lipinski definition) is 0. The summed E-state index contributed by atoms with van der Waals surface area (Å²) < 4.78 is 3.05. The molecule has 3 rings (SSSR count). The maximum Gasteiger partial charge on any atom is 0.169 e. The van der Waals surface area contributed by atoms with E-state index in [2.05, 4.69) is 43.8 Å². The zero-order valence-corrected chi connectivity index (χ0v) is 12.3. The molecule has 0 radical (unpaired) electrons. The van der Waals surface area contributed by atoms with E-state index in [1.54, 1.807) is 6.07 Å². The van der Waals surface area contributed by atoms with Crippen molar-refractivity contribution in [2.75, 3.05) is 0 Å². The highest BCUT2D eigenvalue weighted by Gasteiger charge is 2.11. The molecule has 0 unspecified atom stereocenters. The van der Waals surface area contributed by atoms with Crippen LogP contribution >= 0.6 is 34.2 Å². The highest BCUT2D eigenvalue weighted by atomic mass is 127. The second kappa shape index (κ2) is 4.47. The molecule has 0 aliphatic carbocycles. The van der Waals surface area contributed by atoms with Gasteiger partial charge in [-0.05, 0) is 41.6 Å². The van der Waals surface area contributed by atoms with E-state index in [9.17, 15) is 0 Å². The molecule has 0 amide bonds. The summed E-state index contributed by atoms with van der Waals surface area (Å²) in [4.78, 5) is 4.23. The van der Waals surface area contributed by atoms with E-state index in [-0.39, 0.29) is 0 Å². The smallest absolute Gasteiger partial charge is 0.169 e. The van der Waals surface area contributed by atoms with Crippen molar-refractivity contribution >= 4 is 39.8 Å². The molecule has 3 aromatic rings. The van der Waals surface area contributed by atoms with Crippen molar-refractivity contribution in [1.82, 2.24) is 19.6 Å². The fourth-order valence-electron chi connectivity index (χ4n) is 1.87. The molecule has 0 aliphatic heterocycles. The minimum atomic E-state index is 0.432. The van der Waals surface area contributed by atoms with Crippen LogP contribution in [-0.2, 0) is 0 Å². The second-order valence-corrected chi connectivity index (χ2v) is 5.49. The van der Waals surface area contributed by atoms with Gasteiger partial charge in [-0.2, -0.15) is 0 Å². The molecule has 90 valence electrons. The van der Waals surface area contributed by atoms with Gasteiger partial charge in [0.15, 0.2) is 11.5 Å². The first-order valence-electron chi connectivity index (χ1n) is 5.29. The maximum absolute atomic E-state index is 5.91. The Balaban J connectivity index is 2.31. The summed E-state index contributed by atoms with van der Waals surface area (Å²) >= 11 is 8.18. The fraction of sp³-hybridized carbons (Fsp3) is 0.0833. The molecule has 0 fully saturated rings. The summed E-state index contributed by atoms with van der Waals surface area (Å²) in [5.41, 5.74) is 1.72. The van der Waals surface area contributed by atoms with Gasteiger partial charge in [-0.15, -0.1) is 10.2 Å². The Morgan fingerprint density at radius 1 is 1.22 bits per heavy atom. The highest BCUT2D eigenvalue weighted by molar-refractivity contribution is 14.1. The van der Waals surface area contributed by atoms with Gasteiger partial charge in [-0.25, -0.2) is 4.98 Å². The van der Waals surface area contributed by atoms with Crippen LogP contribution in [0.25, 0.3) is 17.0 Å². The lowest BCUT2D eigenvalue weighted by Crippen LogP contribution is -1.98. The summed E-state index contributed by atoms with van der Waals surface area (Å²) in [6.07, 6.45) is 0. The van der Waals surface area contributed by atoms with Crippen LogP contribution in [0, 0.1) is 10.5 Å². The van der Waals surface area contributed by atoms with Gasteiger partial charge in [0.1, 0.15) is 11.0 Å². The lowest BCUT2D eigenvalue weighted by atomic mass is 10.2. The molecule has 2 aromatic heterocycles. The van der Waals surface area contributed by atoms with Gasteiger partial charge in [-0.1, -0.05) is 23.7 Å². The van der Waals surface area contributed by atoms with Crippen molar-refractivity contribution in [2.45, 2.75) is 6.92 Å². The van der Waals surface area contributed by atoms with Crippen molar-refractivity contribution < 1.29 is 0 Å². The van der Waals surface area contributed by atoms with E-state index >= 15 is 0 Å². The van der Waals surface area contributed by atoms with Gasteiger partial charge in [0.05, 0.1) is 0 Å². The molecule has 1 aromatic carbocycles. The number of rotatable bonds is 1. The zero-order valence-electron chi connectivity index (χ0n) is 9.43. The average molecular weight is 371 g/mol. The number of aromatic nitrogens is 4. The third kappa shape index (κ3) is 1.97. The SMILES string of the molecule is Cc1nc(Cl)cc2nnc(-c3cccc(I)c3)n12. The fourth-order valence-corrected chi connectivity index (χ4v) is 2.63. The van der Waals surface area contributed by atoms with E-state index in [1.807, 2.05) is 29.5 Å². The van der Waals surface area contributed by atoms with Crippen LogP contribution in [-0.4, -0.2) is 19.6 Å². The van der Waals surface area contributed by atoms with E-state index in [1.165, 1.54) is 0 Å². The predicted molar refractivity (Wildman–Crippen MR) is 78.7 cm³/mol. The number of hydrogen-bond acceptors (Lipinski definition) is 3. The van der Waals surface area contributed by atoms with Crippen molar-refractivity contribution in [3.05, 3.63) is 44.9 Å². The van der Waals surface area contributed by atoms with Crippen LogP contribution in [0.2, 0.25) is 5.15 Å². The molecule has 0 saturated heterocycles. The molecule has 18 heavy (non-hydrogen) atoms. The van der Waals surface area contributed by atoms with Gasteiger partial charge in [0.25, 0.3) is 0 Å². The molecule has 0 atom stereocenters. The molecule has 0 saturated carbocycles. The quantitative estimate of drug-likeness (QED) is 0.487. The molecular formula is C12H8ClIN4. The molecule has 0 bridgehead atoms.